The Hall–Kier alpha value is -2.44. The highest BCUT2D eigenvalue weighted by Gasteiger charge is 2.31. The summed E-state index contributed by atoms with van der Waals surface area (Å²) in [6, 6.07) is 14.3. The lowest BCUT2D eigenvalue weighted by Gasteiger charge is -2.33. The quantitative estimate of drug-likeness (QED) is 0.699. The summed E-state index contributed by atoms with van der Waals surface area (Å²) in [5.74, 6) is -0.342. The van der Waals surface area contributed by atoms with E-state index in [1.165, 1.54) is 6.07 Å². The Kier molecular flexibility index (Phi) is 6.42. The highest BCUT2D eigenvalue weighted by molar-refractivity contribution is 5.77. The molecule has 1 aliphatic heterocycles. The van der Waals surface area contributed by atoms with E-state index in [4.69, 9.17) is 5.11 Å². The Balaban J connectivity index is 1.66. The third-order valence-corrected chi connectivity index (χ3v) is 5.02. The molecule has 2 atom stereocenters. The number of benzene rings is 2. The van der Waals surface area contributed by atoms with E-state index in [0.29, 0.717) is 31.5 Å². The summed E-state index contributed by atoms with van der Waals surface area (Å²) < 4.78 is 14.2. The largest absolute Gasteiger partial charge is 0.395 e. The molecule has 1 fully saturated rings. The SMILES string of the molecule is CN(CCO)c1ccc(CN[C@@H]2CCC(=O)N[C@H]2c2ccccc2F)cc1. The number of carbonyl (C=O) groups excluding carboxylic acids is 1. The summed E-state index contributed by atoms with van der Waals surface area (Å²) >= 11 is 0. The van der Waals surface area contributed by atoms with Crippen LogP contribution in [-0.4, -0.2) is 37.3 Å². The van der Waals surface area contributed by atoms with E-state index in [-0.39, 0.29) is 30.4 Å². The van der Waals surface area contributed by atoms with Crippen LogP contribution in [0.1, 0.15) is 30.0 Å². The second kappa shape index (κ2) is 8.97. The van der Waals surface area contributed by atoms with Crippen LogP contribution in [-0.2, 0) is 11.3 Å². The number of halogens is 1. The van der Waals surface area contributed by atoms with Crippen molar-refractivity contribution in [1.82, 2.24) is 10.6 Å². The van der Waals surface area contributed by atoms with Gasteiger partial charge in [-0.1, -0.05) is 30.3 Å². The van der Waals surface area contributed by atoms with Crippen LogP contribution in [0.15, 0.2) is 48.5 Å². The van der Waals surface area contributed by atoms with Gasteiger partial charge in [-0.15, -0.1) is 0 Å². The van der Waals surface area contributed by atoms with E-state index >= 15 is 0 Å². The van der Waals surface area contributed by atoms with Crippen LogP contribution in [0.4, 0.5) is 10.1 Å². The highest BCUT2D eigenvalue weighted by atomic mass is 19.1. The summed E-state index contributed by atoms with van der Waals surface area (Å²) in [7, 11) is 1.94. The molecule has 27 heavy (non-hydrogen) atoms. The lowest BCUT2D eigenvalue weighted by atomic mass is 9.91. The minimum atomic E-state index is -0.373. The number of piperidine rings is 1. The number of hydrogen-bond acceptors (Lipinski definition) is 4. The number of aliphatic hydroxyl groups excluding tert-OH is 1. The maximum Gasteiger partial charge on any atom is 0.220 e. The molecule has 5 nitrogen and oxygen atoms in total. The number of nitrogens with one attached hydrogen (secondary N) is 2. The molecule has 3 N–H and O–H groups in total. The Labute approximate surface area is 159 Å². The second-order valence-corrected chi connectivity index (χ2v) is 6.90. The number of hydrogen-bond donors (Lipinski definition) is 3. The lowest BCUT2D eigenvalue weighted by molar-refractivity contribution is -0.123. The molecular weight excluding hydrogens is 345 g/mol. The maximum atomic E-state index is 14.2. The summed E-state index contributed by atoms with van der Waals surface area (Å²) in [5, 5.41) is 15.4. The zero-order valence-corrected chi connectivity index (χ0v) is 15.5. The number of amides is 1. The van der Waals surface area contributed by atoms with Gasteiger partial charge < -0.3 is 20.6 Å². The Morgan fingerprint density at radius 2 is 1.96 bits per heavy atom. The molecule has 1 saturated heterocycles. The summed E-state index contributed by atoms with van der Waals surface area (Å²) in [6.45, 7) is 1.34. The number of carbonyl (C=O) groups is 1. The molecule has 0 spiro atoms. The normalized spacial score (nSPS) is 19.6. The predicted molar refractivity (Wildman–Crippen MR) is 104 cm³/mol. The molecule has 1 heterocycles. The van der Waals surface area contributed by atoms with Gasteiger partial charge in [-0.3, -0.25) is 4.79 Å². The fraction of sp³-hybridized carbons (Fsp3) is 0.381. The molecule has 0 aromatic heterocycles. The number of likely N-dealkylation sites (N-methyl/N-ethyl adjacent to an activating group) is 1. The summed E-state index contributed by atoms with van der Waals surface area (Å²) in [4.78, 5) is 13.8. The van der Waals surface area contributed by atoms with Crippen LogP contribution in [0.25, 0.3) is 0 Å². The minimum Gasteiger partial charge on any atom is -0.395 e. The molecule has 0 bridgehead atoms. The van der Waals surface area contributed by atoms with E-state index in [0.717, 1.165) is 11.3 Å². The monoisotopic (exact) mass is 371 g/mol. The number of aliphatic hydroxyl groups is 1. The summed E-state index contributed by atoms with van der Waals surface area (Å²) in [6.07, 6.45) is 1.11. The van der Waals surface area contributed by atoms with Crippen molar-refractivity contribution in [2.45, 2.75) is 31.5 Å². The third kappa shape index (κ3) is 4.84. The maximum absolute atomic E-state index is 14.2. The van der Waals surface area contributed by atoms with Crippen molar-refractivity contribution >= 4 is 11.6 Å². The minimum absolute atomic E-state index is 0.0312. The molecule has 0 radical (unpaired) electrons. The van der Waals surface area contributed by atoms with Crippen molar-refractivity contribution in [3.8, 4) is 0 Å². The predicted octanol–water partition coefficient (Wildman–Crippen LogP) is 2.36. The molecule has 1 amide bonds. The van der Waals surface area contributed by atoms with Gasteiger partial charge in [-0.05, 0) is 30.2 Å². The van der Waals surface area contributed by atoms with Crippen LogP contribution >= 0.6 is 0 Å². The van der Waals surface area contributed by atoms with Gasteiger partial charge in [-0.25, -0.2) is 4.39 Å². The van der Waals surface area contributed by atoms with Crippen molar-refractivity contribution in [2.75, 3.05) is 25.1 Å². The van der Waals surface area contributed by atoms with Crippen molar-refractivity contribution in [1.29, 1.82) is 0 Å². The van der Waals surface area contributed by atoms with E-state index < -0.39 is 0 Å². The average molecular weight is 371 g/mol. The van der Waals surface area contributed by atoms with E-state index in [9.17, 15) is 9.18 Å². The Morgan fingerprint density at radius 3 is 2.67 bits per heavy atom. The number of nitrogens with zero attached hydrogens (tertiary/aromatic N) is 1. The van der Waals surface area contributed by atoms with Gasteiger partial charge in [0.1, 0.15) is 5.82 Å². The molecule has 2 aromatic rings. The van der Waals surface area contributed by atoms with Crippen molar-refractivity contribution < 1.29 is 14.3 Å². The van der Waals surface area contributed by atoms with Gasteiger partial charge in [0.25, 0.3) is 0 Å². The van der Waals surface area contributed by atoms with Crippen molar-refractivity contribution in [2.24, 2.45) is 0 Å². The molecule has 0 unspecified atom stereocenters. The van der Waals surface area contributed by atoms with Crippen LogP contribution in [0.5, 0.6) is 0 Å². The first-order chi connectivity index (χ1) is 13.1. The molecule has 0 aliphatic carbocycles. The Bertz CT molecular complexity index is 766. The fourth-order valence-corrected chi connectivity index (χ4v) is 3.44. The van der Waals surface area contributed by atoms with E-state index in [1.54, 1.807) is 18.2 Å². The highest BCUT2D eigenvalue weighted by Crippen LogP contribution is 2.26. The Morgan fingerprint density at radius 1 is 1.22 bits per heavy atom. The van der Waals surface area contributed by atoms with Crippen LogP contribution in [0.2, 0.25) is 0 Å². The summed E-state index contributed by atoms with van der Waals surface area (Å²) in [5.41, 5.74) is 2.67. The standard InChI is InChI=1S/C21H26FN3O2/c1-25(12-13-26)16-8-6-15(7-9-16)14-23-19-10-11-20(27)24-21(19)17-4-2-3-5-18(17)22/h2-9,19,21,23,26H,10-14H2,1H3,(H,24,27)/t19-,21+/m1/s1. The van der Waals surface area contributed by atoms with Gasteiger partial charge in [0.05, 0.1) is 12.6 Å². The topological polar surface area (TPSA) is 64.6 Å². The zero-order valence-electron chi connectivity index (χ0n) is 15.5. The first-order valence-corrected chi connectivity index (χ1v) is 9.26. The van der Waals surface area contributed by atoms with Gasteiger partial charge in [0.15, 0.2) is 0 Å². The van der Waals surface area contributed by atoms with Gasteiger partial charge in [-0.2, -0.15) is 0 Å². The fourth-order valence-electron chi connectivity index (χ4n) is 3.44. The number of anilines is 1. The molecule has 144 valence electrons. The molecule has 1 aliphatic rings. The van der Waals surface area contributed by atoms with Crippen molar-refractivity contribution in [3.63, 3.8) is 0 Å². The second-order valence-electron chi connectivity index (χ2n) is 6.90. The number of rotatable bonds is 7. The first kappa shape index (κ1) is 19.3. The van der Waals surface area contributed by atoms with Crippen molar-refractivity contribution in [3.05, 3.63) is 65.5 Å². The first-order valence-electron chi connectivity index (χ1n) is 9.26. The van der Waals surface area contributed by atoms with Gasteiger partial charge in [0, 0.05) is 43.9 Å². The van der Waals surface area contributed by atoms with E-state index in [2.05, 4.69) is 10.6 Å². The molecule has 6 heteroatoms. The average Bonchev–Trinajstić information content (AvgIpc) is 2.68. The van der Waals surface area contributed by atoms with Crippen LogP contribution < -0.4 is 15.5 Å². The van der Waals surface area contributed by atoms with Gasteiger partial charge >= 0.3 is 0 Å². The molecular formula is C21H26FN3O2. The molecule has 0 saturated carbocycles. The van der Waals surface area contributed by atoms with Crippen LogP contribution in [0.3, 0.4) is 0 Å². The lowest BCUT2D eigenvalue weighted by Crippen LogP contribution is -2.48. The van der Waals surface area contributed by atoms with E-state index in [1.807, 2.05) is 36.2 Å². The smallest absolute Gasteiger partial charge is 0.220 e. The molecule has 3 rings (SSSR count). The van der Waals surface area contributed by atoms with Gasteiger partial charge in [0.2, 0.25) is 5.91 Å². The third-order valence-electron chi connectivity index (χ3n) is 5.02. The van der Waals surface area contributed by atoms with Crippen LogP contribution in [0, 0.1) is 5.82 Å². The molecule has 2 aromatic carbocycles. The zero-order chi connectivity index (χ0) is 19.2.